The Hall–Kier alpha value is -4.29. The van der Waals surface area contributed by atoms with Gasteiger partial charge in [-0.3, -0.25) is 9.48 Å². The zero-order valence-corrected chi connectivity index (χ0v) is 17.7. The summed E-state index contributed by atoms with van der Waals surface area (Å²) in [6, 6.07) is 5.36. The highest BCUT2D eigenvalue weighted by atomic mass is 19.2. The van der Waals surface area contributed by atoms with Crippen LogP contribution in [0.2, 0.25) is 0 Å². The number of nitrogens with one attached hydrogen (secondary N) is 1. The molecule has 2 aromatic carbocycles. The van der Waals surface area contributed by atoms with Gasteiger partial charge in [0.25, 0.3) is 5.91 Å². The number of aryl methyl sites for hydroxylation is 1. The van der Waals surface area contributed by atoms with Crippen LogP contribution < -0.4 is 10.1 Å². The van der Waals surface area contributed by atoms with Gasteiger partial charge in [-0.05, 0) is 19.1 Å². The van der Waals surface area contributed by atoms with Gasteiger partial charge >= 0.3 is 0 Å². The number of nitrogens with zero attached hydrogens (tertiary/aromatic N) is 3. The second-order valence-corrected chi connectivity index (χ2v) is 7.24. The Balaban J connectivity index is 1.48. The first-order chi connectivity index (χ1) is 16.7. The van der Waals surface area contributed by atoms with Crippen molar-refractivity contribution in [2.75, 3.05) is 5.32 Å². The van der Waals surface area contributed by atoms with Crippen molar-refractivity contribution in [1.29, 1.82) is 0 Å². The van der Waals surface area contributed by atoms with Crippen molar-refractivity contribution in [3.63, 3.8) is 0 Å². The Bertz CT molecular complexity index is 1390. The minimum Gasteiger partial charge on any atom is -0.489 e. The SMILES string of the molecule is Cc1onc(C(=O)Nc2cnn(Cc3c(F)c(F)c(F)c(F)c3F)c2)c1COc1cccc(F)c1. The van der Waals surface area contributed by atoms with Crippen LogP contribution >= 0.6 is 0 Å². The maximum atomic E-state index is 13.9. The zero-order valence-electron chi connectivity index (χ0n) is 17.7. The number of ether oxygens (including phenoxy) is 1. The molecule has 0 aliphatic carbocycles. The molecule has 182 valence electrons. The Labute approximate surface area is 192 Å². The van der Waals surface area contributed by atoms with Crippen molar-refractivity contribution in [1.82, 2.24) is 14.9 Å². The van der Waals surface area contributed by atoms with E-state index in [0.29, 0.717) is 0 Å². The normalized spacial score (nSPS) is 11.1. The minimum absolute atomic E-state index is 0.0384. The monoisotopic (exact) mass is 496 g/mol. The smallest absolute Gasteiger partial charge is 0.278 e. The minimum atomic E-state index is -2.27. The molecule has 4 rings (SSSR count). The Kier molecular flexibility index (Phi) is 6.49. The first-order valence-corrected chi connectivity index (χ1v) is 9.83. The molecule has 0 atom stereocenters. The summed E-state index contributed by atoms with van der Waals surface area (Å²) >= 11 is 0. The van der Waals surface area contributed by atoms with Crippen LogP contribution in [-0.4, -0.2) is 20.8 Å². The molecule has 1 N–H and O–H groups in total. The summed E-state index contributed by atoms with van der Waals surface area (Å²) in [6.07, 6.45) is 2.21. The van der Waals surface area contributed by atoms with E-state index in [0.717, 1.165) is 23.1 Å². The highest BCUT2D eigenvalue weighted by molar-refractivity contribution is 6.03. The summed E-state index contributed by atoms with van der Waals surface area (Å²) in [4.78, 5) is 12.7. The summed E-state index contributed by atoms with van der Waals surface area (Å²) in [7, 11) is 0. The zero-order chi connectivity index (χ0) is 25.3. The van der Waals surface area contributed by atoms with Crippen molar-refractivity contribution in [2.45, 2.75) is 20.1 Å². The molecule has 0 saturated heterocycles. The van der Waals surface area contributed by atoms with E-state index >= 15 is 0 Å². The van der Waals surface area contributed by atoms with Crippen LogP contribution in [0.3, 0.4) is 0 Å². The topological polar surface area (TPSA) is 82.2 Å². The third-order valence-corrected chi connectivity index (χ3v) is 4.89. The first-order valence-electron chi connectivity index (χ1n) is 9.83. The van der Waals surface area contributed by atoms with E-state index in [1.807, 2.05) is 0 Å². The fourth-order valence-corrected chi connectivity index (χ4v) is 3.11. The van der Waals surface area contributed by atoms with E-state index in [9.17, 15) is 31.1 Å². The van der Waals surface area contributed by atoms with Crippen molar-refractivity contribution >= 4 is 11.6 Å². The number of halogens is 6. The van der Waals surface area contributed by atoms with E-state index in [1.165, 1.54) is 25.1 Å². The molecule has 35 heavy (non-hydrogen) atoms. The lowest BCUT2D eigenvalue weighted by atomic mass is 10.1. The number of benzene rings is 2. The number of anilines is 1. The van der Waals surface area contributed by atoms with Gasteiger partial charge in [0.2, 0.25) is 5.82 Å². The Morgan fingerprint density at radius 3 is 2.40 bits per heavy atom. The molecule has 7 nitrogen and oxygen atoms in total. The largest absolute Gasteiger partial charge is 0.489 e. The molecule has 0 spiro atoms. The molecule has 0 saturated carbocycles. The number of hydrogen-bond donors (Lipinski definition) is 1. The second kappa shape index (κ2) is 9.52. The van der Waals surface area contributed by atoms with Crippen LogP contribution in [-0.2, 0) is 13.2 Å². The third-order valence-electron chi connectivity index (χ3n) is 4.89. The van der Waals surface area contributed by atoms with E-state index in [-0.39, 0.29) is 35.1 Å². The van der Waals surface area contributed by atoms with Crippen LogP contribution in [0.5, 0.6) is 5.75 Å². The van der Waals surface area contributed by atoms with Gasteiger partial charge in [-0.25, -0.2) is 26.3 Å². The van der Waals surface area contributed by atoms with Gasteiger partial charge in [-0.2, -0.15) is 5.10 Å². The third kappa shape index (κ3) is 4.83. The number of carbonyl (C=O) groups is 1. The summed E-state index contributed by atoms with van der Waals surface area (Å²) in [5.41, 5.74) is -0.921. The maximum Gasteiger partial charge on any atom is 0.278 e. The number of aromatic nitrogens is 3. The maximum absolute atomic E-state index is 13.9. The standard InChI is InChI=1S/C22H14F6N4O3/c1-10-15(9-34-13-4-2-3-11(23)5-13)21(31-35-10)22(33)30-12-6-29-32(7-12)8-14-16(24)18(26)20(28)19(27)17(14)25/h2-7H,8-9H2,1H3,(H,30,33). The molecule has 0 radical (unpaired) electrons. The van der Waals surface area contributed by atoms with Gasteiger partial charge in [0.05, 0.1) is 29.6 Å². The summed E-state index contributed by atoms with van der Waals surface area (Å²) in [6.45, 7) is 0.578. The summed E-state index contributed by atoms with van der Waals surface area (Å²) in [5, 5.41) is 9.87. The second-order valence-electron chi connectivity index (χ2n) is 7.24. The van der Waals surface area contributed by atoms with Crippen LogP contribution in [0.25, 0.3) is 0 Å². The van der Waals surface area contributed by atoms with Gasteiger partial charge in [0.15, 0.2) is 29.0 Å². The number of carbonyl (C=O) groups excluding carboxylic acids is 1. The molecule has 0 unspecified atom stereocenters. The molecule has 2 aromatic heterocycles. The molecular formula is C22H14F6N4O3. The fraction of sp³-hybridized carbons (Fsp3) is 0.136. The van der Waals surface area contributed by atoms with Gasteiger partial charge in [0, 0.05) is 12.3 Å². The molecular weight excluding hydrogens is 482 g/mol. The quantitative estimate of drug-likeness (QED) is 0.224. The Morgan fingerprint density at radius 2 is 1.71 bits per heavy atom. The van der Waals surface area contributed by atoms with E-state index in [2.05, 4.69) is 15.6 Å². The first kappa shape index (κ1) is 23.9. The highest BCUT2D eigenvalue weighted by Gasteiger charge is 2.26. The van der Waals surface area contributed by atoms with Crippen LogP contribution in [0.1, 0.15) is 27.4 Å². The fourth-order valence-electron chi connectivity index (χ4n) is 3.11. The predicted octanol–water partition coefficient (Wildman–Crippen LogP) is 4.89. The molecule has 13 heteroatoms. The van der Waals surface area contributed by atoms with Crippen LogP contribution in [0.15, 0.2) is 41.2 Å². The number of rotatable bonds is 7. The highest BCUT2D eigenvalue weighted by Crippen LogP contribution is 2.24. The molecule has 2 heterocycles. The average Bonchev–Trinajstić information content (AvgIpc) is 3.43. The Morgan fingerprint density at radius 1 is 1.03 bits per heavy atom. The molecule has 0 bridgehead atoms. The van der Waals surface area contributed by atoms with Gasteiger partial charge in [0.1, 0.15) is 23.9 Å². The predicted molar refractivity (Wildman–Crippen MR) is 107 cm³/mol. The van der Waals surface area contributed by atoms with E-state index < -0.39 is 52.9 Å². The molecule has 0 fully saturated rings. The van der Waals surface area contributed by atoms with Gasteiger partial charge < -0.3 is 14.6 Å². The van der Waals surface area contributed by atoms with E-state index in [1.54, 1.807) is 0 Å². The summed E-state index contributed by atoms with van der Waals surface area (Å²) in [5.74, 6) is -11.2. The van der Waals surface area contributed by atoms with Crippen molar-refractivity contribution in [2.24, 2.45) is 0 Å². The molecule has 4 aromatic rings. The summed E-state index contributed by atoms with van der Waals surface area (Å²) < 4.78 is 92.6. The van der Waals surface area contributed by atoms with Crippen LogP contribution in [0, 0.1) is 41.8 Å². The van der Waals surface area contributed by atoms with Crippen LogP contribution in [0.4, 0.5) is 32.0 Å². The molecule has 1 amide bonds. The average molecular weight is 496 g/mol. The lowest BCUT2D eigenvalue weighted by molar-refractivity contribution is 0.101. The lowest BCUT2D eigenvalue weighted by Crippen LogP contribution is -2.15. The van der Waals surface area contributed by atoms with Crippen molar-refractivity contribution in [3.8, 4) is 5.75 Å². The van der Waals surface area contributed by atoms with Gasteiger partial charge in [-0.15, -0.1) is 0 Å². The van der Waals surface area contributed by atoms with E-state index in [4.69, 9.17) is 9.26 Å². The van der Waals surface area contributed by atoms with Crippen molar-refractivity contribution in [3.05, 3.63) is 94.1 Å². The van der Waals surface area contributed by atoms with Crippen molar-refractivity contribution < 1.29 is 40.4 Å². The molecule has 0 aliphatic heterocycles. The number of amides is 1. The lowest BCUT2D eigenvalue weighted by Gasteiger charge is -2.08. The number of hydrogen-bond acceptors (Lipinski definition) is 5. The van der Waals surface area contributed by atoms with Gasteiger partial charge in [-0.1, -0.05) is 11.2 Å². The molecule has 0 aliphatic rings.